The van der Waals surface area contributed by atoms with E-state index in [9.17, 15) is 0 Å². The molecule has 2 rings (SSSR count). The fraction of sp³-hybridized carbons (Fsp3) is 0.500. The molecule has 18 heavy (non-hydrogen) atoms. The summed E-state index contributed by atoms with van der Waals surface area (Å²) in [6.45, 7) is 5.41. The summed E-state index contributed by atoms with van der Waals surface area (Å²) in [4.78, 5) is 2.52. The Balaban J connectivity index is 1.98. The number of rotatable bonds is 4. The van der Waals surface area contributed by atoms with Crippen LogP contribution in [0.25, 0.3) is 6.08 Å². The topological polar surface area (TPSA) is 29.3 Å². The molecule has 1 fully saturated rings. The summed E-state index contributed by atoms with van der Waals surface area (Å²) in [6.07, 6.45) is 7.11. The molecule has 98 valence electrons. The number of likely N-dealkylation sites (tertiary alicyclic amines) is 1. The summed E-state index contributed by atoms with van der Waals surface area (Å²) in [6, 6.07) is 10.8. The van der Waals surface area contributed by atoms with Gasteiger partial charge in [0.2, 0.25) is 0 Å². The van der Waals surface area contributed by atoms with Gasteiger partial charge in [-0.2, -0.15) is 0 Å². The number of benzene rings is 1. The van der Waals surface area contributed by atoms with Crippen molar-refractivity contribution in [1.29, 1.82) is 0 Å². The van der Waals surface area contributed by atoms with E-state index in [4.69, 9.17) is 5.73 Å². The highest BCUT2D eigenvalue weighted by atomic mass is 15.2. The van der Waals surface area contributed by atoms with Crippen molar-refractivity contribution >= 4 is 6.08 Å². The van der Waals surface area contributed by atoms with Crippen LogP contribution in [0.15, 0.2) is 36.4 Å². The minimum Gasteiger partial charge on any atom is -0.329 e. The fourth-order valence-electron chi connectivity index (χ4n) is 2.66. The third-order valence-electron chi connectivity index (χ3n) is 3.71. The minimum atomic E-state index is 0.382. The second-order valence-corrected chi connectivity index (χ2v) is 5.32. The molecule has 0 saturated carbocycles. The maximum Gasteiger partial charge on any atom is 0.0404 e. The van der Waals surface area contributed by atoms with Crippen molar-refractivity contribution in [3.63, 3.8) is 0 Å². The van der Waals surface area contributed by atoms with Gasteiger partial charge < -0.3 is 5.73 Å². The standard InChI is InChI=1S/C16H24N2/c1-14-6-5-11-18(13-14)16(12-17)10-9-15-7-3-2-4-8-15/h2-4,7-10,14,16H,5-6,11-13,17H2,1H3/b10-9-. The van der Waals surface area contributed by atoms with E-state index >= 15 is 0 Å². The number of hydrogen-bond donors (Lipinski definition) is 1. The zero-order valence-corrected chi connectivity index (χ0v) is 11.3. The third kappa shape index (κ3) is 3.69. The number of piperidine rings is 1. The maximum absolute atomic E-state index is 5.92. The fourth-order valence-corrected chi connectivity index (χ4v) is 2.66. The summed E-state index contributed by atoms with van der Waals surface area (Å²) in [5, 5.41) is 0. The van der Waals surface area contributed by atoms with E-state index in [2.05, 4.69) is 48.2 Å². The molecule has 1 aliphatic heterocycles. The van der Waals surface area contributed by atoms with Crippen LogP contribution >= 0.6 is 0 Å². The van der Waals surface area contributed by atoms with Crippen LogP contribution in [-0.2, 0) is 0 Å². The first-order valence-corrected chi connectivity index (χ1v) is 6.97. The first-order chi connectivity index (χ1) is 8.79. The van der Waals surface area contributed by atoms with Gasteiger partial charge in [0.1, 0.15) is 0 Å². The first-order valence-electron chi connectivity index (χ1n) is 6.97. The highest BCUT2D eigenvalue weighted by molar-refractivity contribution is 5.49. The molecule has 0 amide bonds. The van der Waals surface area contributed by atoms with E-state index in [1.807, 2.05) is 6.07 Å². The van der Waals surface area contributed by atoms with Gasteiger partial charge in [-0.1, -0.05) is 49.4 Å². The van der Waals surface area contributed by atoms with Gasteiger partial charge in [0.05, 0.1) is 0 Å². The first kappa shape index (κ1) is 13.3. The smallest absolute Gasteiger partial charge is 0.0404 e. The Labute approximate surface area is 110 Å². The Hall–Kier alpha value is -1.12. The van der Waals surface area contributed by atoms with Crippen LogP contribution in [0.5, 0.6) is 0 Å². The molecule has 0 bridgehead atoms. The van der Waals surface area contributed by atoms with E-state index in [1.54, 1.807) is 0 Å². The lowest BCUT2D eigenvalue weighted by Gasteiger charge is -2.35. The molecule has 0 aromatic heterocycles. The van der Waals surface area contributed by atoms with Crippen molar-refractivity contribution in [3.05, 3.63) is 42.0 Å². The van der Waals surface area contributed by atoms with E-state index < -0.39 is 0 Å². The quantitative estimate of drug-likeness (QED) is 0.882. The Morgan fingerprint density at radius 3 is 2.83 bits per heavy atom. The number of nitrogens with two attached hydrogens (primary N) is 1. The Morgan fingerprint density at radius 2 is 2.17 bits per heavy atom. The molecule has 2 N–H and O–H groups in total. The van der Waals surface area contributed by atoms with E-state index in [0.717, 1.165) is 5.92 Å². The zero-order valence-electron chi connectivity index (χ0n) is 11.3. The molecule has 1 aromatic rings. The lowest BCUT2D eigenvalue weighted by atomic mass is 9.98. The van der Waals surface area contributed by atoms with Gasteiger partial charge in [-0.25, -0.2) is 0 Å². The summed E-state index contributed by atoms with van der Waals surface area (Å²) in [5.41, 5.74) is 7.17. The average molecular weight is 244 g/mol. The molecule has 0 radical (unpaired) electrons. The molecule has 1 heterocycles. The molecule has 1 aliphatic rings. The average Bonchev–Trinajstić information content (AvgIpc) is 2.41. The Kier molecular flexibility index (Phi) is 4.97. The van der Waals surface area contributed by atoms with E-state index in [1.165, 1.54) is 31.5 Å². The normalized spacial score (nSPS) is 23.3. The van der Waals surface area contributed by atoms with E-state index in [-0.39, 0.29) is 0 Å². The second-order valence-electron chi connectivity index (χ2n) is 5.32. The lowest BCUT2D eigenvalue weighted by molar-refractivity contribution is 0.156. The highest BCUT2D eigenvalue weighted by Crippen LogP contribution is 2.18. The van der Waals surface area contributed by atoms with Gasteiger partial charge in [0, 0.05) is 19.1 Å². The van der Waals surface area contributed by atoms with Gasteiger partial charge in [-0.15, -0.1) is 0 Å². The zero-order chi connectivity index (χ0) is 12.8. The molecular formula is C16H24N2. The summed E-state index contributed by atoms with van der Waals surface area (Å²) in [7, 11) is 0. The van der Waals surface area contributed by atoms with Crippen molar-refractivity contribution in [2.24, 2.45) is 11.7 Å². The van der Waals surface area contributed by atoms with Crippen LogP contribution in [0.4, 0.5) is 0 Å². The summed E-state index contributed by atoms with van der Waals surface area (Å²) >= 11 is 0. The number of hydrogen-bond acceptors (Lipinski definition) is 2. The van der Waals surface area contributed by atoms with Crippen LogP contribution in [-0.4, -0.2) is 30.6 Å². The van der Waals surface area contributed by atoms with Crippen molar-refractivity contribution in [2.75, 3.05) is 19.6 Å². The van der Waals surface area contributed by atoms with Crippen molar-refractivity contribution < 1.29 is 0 Å². The van der Waals surface area contributed by atoms with Crippen LogP contribution in [0.1, 0.15) is 25.3 Å². The monoisotopic (exact) mass is 244 g/mol. The molecule has 0 spiro atoms. The van der Waals surface area contributed by atoms with Crippen molar-refractivity contribution in [1.82, 2.24) is 4.90 Å². The van der Waals surface area contributed by atoms with Crippen LogP contribution in [0.3, 0.4) is 0 Å². The molecule has 2 heteroatoms. The Morgan fingerprint density at radius 1 is 1.39 bits per heavy atom. The lowest BCUT2D eigenvalue weighted by Crippen LogP contribution is -2.44. The maximum atomic E-state index is 5.92. The van der Waals surface area contributed by atoms with Crippen LogP contribution in [0, 0.1) is 5.92 Å². The van der Waals surface area contributed by atoms with Crippen molar-refractivity contribution in [3.8, 4) is 0 Å². The van der Waals surface area contributed by atoms with Crippen LogP contribution < -0.4 is 5.73 Å². The number of nitrogens with zero attached hydrogens (tertiary/aromatic N) is 1. The van der Waals surface area contributed by atoms with Gasteiger partial charge in [0.15, 0.2) is 0 Å². The summed E-state index contributed by atoms with van der Waals surface area (Å²) in [5.74, 6) is 0.804. The van der Waals surface area contributed by atoms with Gasteiger partial charge in [0.25, 0.3) is 0 Å². The molecule has 2 nitrogen and oxygen atoms in total. The molecule has 2 atom stereocenters. The largest absolute Gasteiger partial charge is 0.329 e. The molecule has 2 unspecified atom stereocenters. The SMILES string of the molecule is CC1CCCN(C(/C=C\c2ccccc2)CN)C1. The second kappa shape index (κ2) is 6.72. The molecular weight excluding hydrogens is 220 g/mol. The van der Waals surface area contributed by atoms with Gasteiger partial charge >= 0.3 is 0 Å². The van der Waals surface area contributed by atoms with E-state index in [0.29, 0.717) is 12.6 Å². The molecule has 0 aliphatic carbocycles. The summed E-state index contributed by atoms with van der Waals surface area (Å²) < 4.78 is 0. The highest BCUT2D eigenvalue weighted by Gasteiger charge is 2.20. The van der Waals surface area contributed by atoms with Crippen LogP contribution in [0.2, 0.25) is 0 Å². The van der Waals surface area contributed by atoms with Gasteiger partial charge in [-0.05, 0) is 30.9 Å². The predicted octanol–water partition coefficient (Wildman–Crippen LogP) is 2.76. The predicted molar refractivity (Wildman–Crippen MR) is 78.3 cm³/mol. The minimum absolute atomic E-state index is 0.382. The van der Waals surface area contributed by atoms with Gasteiger partial charge in [-0.3, -0.25) is 4.90 Å². The molecule has 1 saturated heterocycles. The third-order valence-corrected chi connectivity index (χ3v) is 3.71. The van der Waals surface area contributed by atoms with Crippen molar-refractivity contribution in [2.45, 2.75) is 25.8 Å². The molecule has 1 aromatic carbocycles. The Bertz CT molecular complexity index is 372.